The standard InChI is InChI=1S/C19H25N5O/c1-13-8-9-16(14(2)12-13)21-17-10-11-18(24-23-17)22-19(25)20-15-6-4-3-5-7-15/h8-12,15H,3-7H2,1-2H3,(H,21,23)(H2,20,22,24,25). The first-order valence-electron chi connectivity index (χ1n) is 8.86. The molecule has 0 radical (unpaired) electrons. The first-order valence-corrected chi connectivity index (χ1v) is 8.86. The molecule has 1 aliphatic rings. The van der Waals surface area contributed by atoms with Crippen LogP contribution in [0.15, 0.2) is 30.3 Å². The predicted octanol–water partition coefficient (Wildman–Crippen LogP) is 4.29. The molecule has 25 heavy (non-hydrogen) atoms. The molecule has 6 nitrogen and oxygen atoms in total. The van der Waals surface area contributed by atoms with Crippen molar-refractivity contribution in [1.82, 2.24) is 15.5 Å². The fourth-order valence-corrected chi connectivity index (χ4v) is 3.14. The first-order chi connectivity index (χ1) is 12.1. The van der Waals surface area contributed by atoms with Gasteiger partial charge in [0.05, 0.1) is 0 Å². The molecule has 0 atom stereocenters. The van der Waals surface area contributed by atoms with Crippen molar-refractivity contribution in [3.63, 3.8) is 0 Å². The van der Waals surface area contributed by atoms with Crippen molar-refractivity contribution in [3.05, 3.63) is 41.5 Å². The van der Waals surface area contributed by atoms with E-state index < -0.39 is 0 Å². The molecule has 0 saturated heterocycles. The predicted molar refractivity (Wildman–Crippen MR) is 100 cm³/mol. The number of nitrogens with zero attached hydrogens (tertiary/aromatic N) is 2. The van der Waals surface area contributed by atoms with Crippen LogP contribution in [0.5, 0.6) is 0 Å². The minimum atomic E-state index is -0.212. The highest BCUT2D eigenvalue weighted by Crippen LogP contribution is 2.20. The Morgan fingerprint density at radius 1 is 1.00 bits per heavy atom. The normalized spacial score (nSPS) is 14.8. The zero-order valence-electron chi connectivity index (χ0n) is 14.8. The monoisotopic (exact) mass is 339 g/mol. The van der Waals surface area contributed by atoms with Crippen LogP contribution in [0, 0.1) is 13.8 Å². The van der Waals surface area contributed by atoms with E-state index in [2.05, 4.69) is 39.1 Å². The lowest BCUT2D eigenvalue weighted by Crippen LogP contribution is -2.39. The minimum absolute atomic E-state index is 0.212. The van der Waals surface area contributed by atoms with Crippen molar-refractivity contribution in [1.29, 1.82) is 0 Å². The Bertz CT molecular complexity index is 723. The Kier molecular flexibility index (Phi) is 5.48. The van der Waals surface area contributed by atoms with Gasteiger partial charge in [-0.25, -0.2) is 4.79 Å². The van der Waals surface area contributed by atoms with Gasteiger partial charge in [0.1, 0.15) is 0 Å². The number of anilines is 3. The molecular formula is C19H25N5O. The summed E-state index contributed by atoms with van der Waals surface area (Å²) in [6.07, 6.45) is 5.74. The third-order valence-corrected chi connectivity index (χ3v) is 4.49. The zero-order chi connectivity index (χ0) is 17.6. The lowest BCUT2D eigenvalue weighted by Gasteiger charge is -2.22. The summed E-state index contributed by atoms with van der Waals surface area (Å²) in [5.41, 5.74) is 3.36. The molecule has 0 spiro atoms. The number of aromatic nitrogens is 2. The molecule has 3 rings (SSSR count). The number of benzene rings is 1. The molecule has 2 aromatic rings. The molecule has 1 aromatic carbocycles. The highest BCUT2D eigenvalue weighted by atomic mass is 16.2. The van der Waals surface area contributed by atoms with Crippen molar-refractivity contribution in [2.75, 3.05) is 10.6 Å². The Labute approximate surface area is 148 Å². The van der Waals surface area contributed by atoms with Crippen LogP contribution >= 0.6 is 0 Å². The number of carbonyl (C=O) groups excluding carboxylic acids is 1. The fraction of sp³-hybridized carbons (Fsp3) is 0.421. The molecule has 0 aliphatic heterocycles. The lowest BCUT2D eigenvalue weighted by molar-refractivity contribution is 0.244. The molecule has 132 valence electrons. The summed E-state index contributed by atoms with van der Waals surface area (Å²) in [5.74, 6) is 1.09. The van der Waals surface area contributed by atoms with E-state index in [0.29, 0.717) is 11.6 Å². The van der Waals surface area contributed by atoms with Gasteiger partial charge in [-0.3, -0.25) is 5.32 Å². The van der Waals surface area contributed by atoms with Crippen LogP contribution in [0.4, 0.5) is 22.1 Å². The summed E-state index contributed by atoms with van der Waals surface area (Å²) in [5, 5.41) is 17.2. The van der Waals surface area contributed by atoms with Crippen LogP contribution in [-0.2, 0) is 0 Å². The van der Waals surface area contributed by atoms with Gasteiger partial charge < -0.3 is 10.6 Å². The van der Waals surface area contributed by atoms with Crippen LogP contribution in [0.1, 0.15) is 43.2 Å². The zero-order valence-corrected chi connectivity index (χ0v) is 14.8. The number of hydrogen-bond acceptors (Lipinski definition) is 4. The molecule has 0 unspecified atom stereocenters. The van der Waals surface area contributed by atoms with Gasteiger partial charge in [-0.15, -0.1) is 10.2 Å². The first kappa shape index (κ1) is 17.2. The molecule has 2 amide bonds. The quantitative estimate of drug-likeness (QED) is 0.776. The topological polar surface area (TPSA) is 78.9 Å². The summed E-state index contributed by atoms with van der Waals surface area (Å²) in [4.78, 5) is 12.0. The number of rotatable bonds is 4. The van der Waals surface area contributed by atoms with E-state index >= 15 is 0 Å². The van der Waals surface area contributed by atoms with Crippen molar-refractivity contribution >= 4 is 23.4 Å². The lowest BCUT2D eigenvalue weighted by atomic mass is 9.96. The van der Waals surface area contributed by atoms with Gasteiger partial charge in [-0.1, -0.05) is 37.0 Å². The van der Waals surface area contributed by atoms with E-state index in [1.165, 1.54) is 24.8 Å². The number of amides is 2. The van der Waals surface area contributed by atoms with Gasteiger partial charge in [0, 0.05) is 11.7 Å². The Morgan fingerprint density at radius 2 is 1.72 bits per heavy atom. The Balaban J connectivity index is 1.55. The maximum Gasteiger partial charge on any atom is 0.320 e. The van der Waals surface area contributed by atoms with E-state index in [-0.39, 0.29) is 12.1 Å². The minimum Gasteiger partial charge on any atom is -0.339 e. The maximum absolute atomic E-state index is 12.0. The van der Waals surface area contributed by atoms with E-state index in [1.807, 2.05) is 25.1 Å². The molecule has 1 saturated carbocycles. The van der Waals surface area contributed by atoms with Gasteiger partial charge in [0.2, 0.25) is 0 Å². The largest absolute Gasteiger partial charge is 0.339 e. The van der Waals surface area contributed by atoms with Crippen LogP contribution in [0.25, 0.3) is 0 Å². The number of urea groups is 1. The van der Waals surface area contributed by atoms with Crippen LogP contribution in [0.2, 0.25) is 0 Å². The molecule has 6 heteroatoms. The summed E-state index contributed by atoms with van der Waals surface area (Å²) < 4.78 is 0. The number of hydrogen-bond donors (Lipinski definition) is 3. The van der Waals surface area contributed by atoms with Crippen LogP contribution in [0.3, 0.4) is 0 Å². The van der Waals surface area contributed by atoms with E-state index in [0.717, 1.165) is 24.1 Å². The molecule has 1 heterocycles. The fourth-order valence-electron chi connectivity index (χ4n) is 3.14. The highest BCUT2D eigenvalue weighted by Gasteiger charge is 2.15. The SMILES string of the molecule is Cc1ccc(Nc2ccc(NC(=O)NC3CCCCC3)nn2)c(C)c1. The number of nitrogens with one attached hydrogen (secondary N) is 3. The molecule has 0 bridgehead atoms. The summed E-state index contributed by atoms with van der Waals surface area (Å²) in [7, 11) is 0. The van der Waals surface area contributed by atoms with Crippen molar-refractivity contribution in [2.24, 2.45) is 0 Å². The van der Waals surface area contributed by atoms with Crippen molar-refractivity contribution in [2.45, 2.75) is 52.0 Å². The van der Waals surface area contributed by atoms with Gasteiger partial charge in [0.25, 0.3) is 0 Å². The second-order valence-electron chi connectivity index (χ2n) is 6.68. The van der Waals surface area contributed by atoms with Crippen LogP contribution < -0.4 is 16.0 Å². The van der Waals surface area contributed by atoms with E-state index in [4.69, 9.17) is 0 Å². The highest BCUT2D eigenvalue weighted by molar-refractivity contribution is 5.88. The van der Waals surface area contributed by atoms with E-state index in [9.17, 15) is 4.79 Å². The third-order valence-electron chi connectivity index (χ3n) is 4.49. The van der Waals surface area contributed by atoms with E-state index in [1.54, 1.807) is 6.07 Å². The summed E-state index contributed by atoms with van der Waals surface area (Å²) >= 11 is 0. The molecule has 1 aromatic heterocycles. The molecule has 1 fully saturated rings. The average Bonchev–Trinajstić information content (AvgIpc) is 2.60. The Morgan fingerprint density at radius 3 is 2.40 bits per heavy atom. The van der Waals surface area contributed by atoms with Gasteiger partial charge >= 0.3 is 6.03 Å². The summed E-state index contributed by atoms with van der Waals surface area (Å²) in [6.45, 7) is 4.11. The molecule has 3 N–H and O–H groups in total. The third kappa shape index (κ3) is 4.92. The number of carbonyl (C=O) groups is 1. The average molecular weight is 339 g/mol. The second-order valence-corrected chi connectivity index (χ2v) is 6.68. The van der Waals surface area contributed by atoms with Gasteiger partial charge in [-0.2, -0.15) is 0 Å². The smallest absolute Gasteiger partial charge is 0.320 e. The van der Waals surface area contributed by atoms with Crippen molar-refractivity contribution in [3.8, 4) is 0 Å². The molecule has 1 aliphatic carbocycles. The second kappa shape index (κ2) is 7.96. The Hall–Kier alpha value is -2.63. The maximum atomic E-state index is 12.0. The van der Waals surface area contributed by atoms with Gasteiger partial charge in [-0.05, 0) is 50.5 Å². The molecular weight excluding hydrogens is 314 g/mol. The van der Waals surface area contributed by atoms with Crippen LogP contribution in [-0.4, -0.2) is 22.3 Å². The number of aryl methyl sites for hydroxylation is 2. The van der Waals surface area contributed by atoms with Gasteiger partial charge in [0.15, 0.2) is 11.6 Å². The van der Waals surface area contributed by atoms with Crippen molar-refractivity contribution < 1.29 is 4.79 Å². The summed E-state index contributed by atoms with van der Waals surface area (Å²) in [6, 6.07) is 9.80.